The third-order valence-corrected chi connectivity index (χ3v) is 12.2. The number of anilines is 6. The van der Waals surface area contributed by atoms with Crippen LogP contribution in [-0.4, -0.2) is 8.07 Å². The number of nitrogens with zero attached hydrogens (tertiary/aromatic N) is 2. The van der Waals surface area contributed by atoms with Gasteiger partial charge in [0.2, 0.25) is 0 Å². The largest absolute Gasteiger partial charge is 0.310 e. The molecule has 250 valence electrons. The molecule has 0 saturated carbocycles. The quantitative estimate of drug-likeness (QED) is 0.122. The minimum Gasteiger partial charge on any atom is -0.310 e. The van der Waals surface area contributed by atoms with Gasteiger partial charge in [-0.1, -0.05) is 127 Å². The zero-order chi connectivity index (χ0) is 35.3. The SMILES string of the molecule is Cc1ccc(N(c2cccc(C)c2)c2cc3c4ccccc4c(N(c4ccc([Si](C)(C)C)cc4)c4cccc(C)c4)cc3c3ccccc23)cc1. The van der Waals surface area contributed by atoms with E-state index in [4.69, 9.17) is 0 Å². The molecule has 0 radical (unpaired) electrons. The fraction of sp³-hybridized carbons (Fsp3) is 0.125. The Morgan fingerprint density at radius 3 is 1.16 bits per heavy atom. The van der Waals surface area contributed by atoms with Crippen molar-refractivity contribution >= 4 is 79.7 Å². The Morgan fingerprint density at radius 1 is 0.333 bits per heavy atom. The highest BCUT2D eigenvalue weighted by atomic mass is 28.3. The van der Waals surface area contributed by atoms with Crippen molar-refractivity contribution in [3.63, 3.8) is 0 Å². The van der Waals surface area contributed by atoms with E-state index in [-0.39, 0.29) is 0 Å². The highest BCUT2D eigenvalue weighted by Gasteiger charge is 2.23. The normalized spacial score (nSPS) is 11.7. The van der Waals surface area contributed by atoms with Crippen LogP contribution in [-0.2, 0) is 0 Å². The number of aryl methyl sites for hydroxylation is 3. The standard InChI is InChI=1S/C48H44N2Si/c1-33-21-23-36(24-22-33)49(38-15-11-13-34(2)29-38)47-31-45-42-18-8-10-20-44(42)48(32-46(45)41-17-7-9-19-43(41)47)50(39-16-12-14-35(3)30-39)37-25-27-40(28-26-37)51(4,5)6/h7-32H,1-6H3. The van der Waals surface area contributed by atoms with Crippen LogP contribution in [0.3, 0.4) is 0 Å². The van der Waals surface area contributed by atoms with E-state index >= 15 is 0 Å². The van der Waals surface area contributed by atoms with Crippen molar-refractivity contribution < 1.29 is 0 Å². The van der Waals surface area contributed by atoms with Gasteiger partial charge in [0.1, 0.15) is 0 Å². The van der Waals surface area contributed by atoms with Crippen molar-refractivity contribution in [2.45, 2.75) is 40.4 Å². The summed E-state index contributed by atoms with van der Waals surface area (Å²) in [5.41, 5.74) is 10.7. The summed E-state index contributed by atoms with van der Waals surface area (Å²) in [4.78, 5) is 4.88. The summed E-state index contributed by atoms with van der Waals surface area (Å²) < 4.78 is 0. The lowest BCUT2D eigenvalue weighted by Gasteiger charge is -2.30. The first kappa shape index (κ1) is 32.6. The second-order valence-corrected chi connectivity index (χ2v) is 20.0. The van der Waals surface area contributed by atoms with E-state index in [9.17, 15) is 0 Å². The minimum atomic E-state index is -1.46. The van der Waals surface area contributed by atoms with Gasteiger partial charge < -0.3 is 9.80 Å². The summed E-state index contributed by atoms with van der Waals surface area (Å²) >= 11 is 0. The molecule has 0 heterocycles. The summed E-state index contributed by atoms with van der Waals surface area (Å²) in [6, 6.07) is 58.7. The lowest BCUT2D eigenvalue weighted by atomic mass is 9.93. The second kappa shape index (κ2) is 12.9. The molecule has 0 aliphatic heterocycles. The summed E-state index contributed by atoms with van der Waals surface area (Å²) in [5.74, 6) is 0. The molecule has 0 saturated heterocycles. The maximum Gasteiger partial charge on any atom is 0.0775 e. The summed E-state index contributed by atoms with van der Waals surface area (Å²) in [6.07, 6.45) is 0. The lowest BCUT2D eigenvalue weighted by Crippen LogP contribution is -2.37. The third-order valence-electron chi connectivity index (χ3n) is 10.1. The molecular formula is C48H44N2Si. The van der Waals surface area contributed by atoms with Gasteiger partial charge in [0.05, 0.1) is 19.4 Å². The van der Waals surface area contributed by atoms with Gasteiger partial charge in [-0.05, 0) is 114 Å². The van der Waals surface area contributed by atoms with E-state index in [2.05, 4.69) is 208 Å². The first-order valence-electron chi connectivity index (χ1n) is 17.9. The average molecular weight is 677 g/mol. The summed E-state index contributed by atoms with van der Waals surface area (Å²) in [5, 5.41) is 8.86. The van der Waals surface area contributed by atoms with Gasteiger partial charge in [-0.3, -0.25) is 0 Å². The molecule has 8 aromatic rings. The van der Waals surface area contributed by atoms with Crippen LogP contribution < -0.4 is 15.0 Å². The van der Waals surface area contributed by atoms with Crippen LogP contribution in [0.5, 0.6) is 0 Å². The van der Waals surface area contributed by atoms with Gasteiger partial charge in [-0.15, -0.1) is 0 Å². The van der Waals surface area contributed by atoms with Crippen molar-refractivity contribution in [1.29, 1.82) is 0 Å². The van der Waals surface area contributed by atoms with Crippen molar-refractivity contribution in [3.8, 4) is 0 Å². The van der Waals surface area contributed by atoms with Crippen LogP contribution >= 0.6 is 0 Å². The first-order chi connectivity index (χ1) is 24.7. The highest BCUT2D eigenvalue weighted by molar-refractivity contribution is 6.88. The molecule has 0 aliphatic carbocycles. The number of fused-ring (bicyclic) bond motifs is 5. The van der Waals surface area contributed by atoms with Crippen LogP contribution in [0.15, 0.2) is 158 Å². The first-order valence-corrected chi connectivity index (χ1v) is 21.4. The van der Waals surface area contributed by atoms with Crippen LogP contribution in [0.4, 0.5) is 34.1 Å². The average Bonchev–Trinajstić information content (AvgIpc) is 3.13. The molecule has 2 nitrogen and oxygen atoms in total. The number of hydrogen-bond acceptors (Lipinski definition) is 2. The topological polar surface area (TPSA) is 6.48 Å². The van der Waals surface area contributed by atoms with Gasteiger partial charge in [-0.25, -0.2) is 0 Å². The molecule has 0 aromatic heterocycles. The smallest absolute Gasteiger partial charge is 0.0775 e. The van der Waals surface area contributed by atoms with Gasteiger partial charge >= 0.3 is 0 Å². The maximum atomic E-state index is 2.46. The fourth-order valence-corrected chi connectivity index (χ4v) is 8.64. The van der Waals surface area contributed by atoms with E-state index < -0.39 is 8.07 Å². The molecule has 51 heavy (non-hydrogen) atoms. The summed E-state index contributed by atoms with van der Waals surface area (Å²) in [7, 11) is -1.46. The van der Waals surface area contributed by atoms with Crippen LogP contribution in [0.1, 0.15) is 16.7 Å². The zero-order valence-corrected chi connectivity index (χ0v) is 31.4. The van der Waals surface area contributed by atoms with Crippen molar-refractivity contribution in [3.05, 3.63) is 174 Å². The predicted molar refractivity (Wildman–Crippen MR) is 226 cm³/mol. The molecule has 0 aliphatic rings. The molecule has 8 aromatic carbocycles. The maximum absolute atomic E-state index is 2.46. The second-order valence-electron chi connectivity index (χ2n) is 15.0. The highest BCUT2D eigenvalue weighted by Crippen LogP contribution is 2.47. The molecule has 3 heteroatoms. The molecule has 0 fully saturated rings. The van der Waals surface area contributed by atoms with E-state index in [0.717, 1.165) is 22.7 Å². The van der Waals surface area contributed by atoms with Gasteiger partial charge in [0.15, 0.2) is 0 Å². The van der Waals surface area contributed by atoms with Crippen molar-refractivity contribution in [2.24, 2.45) is 0 Å². The van der Waals surface area contributed by atoms with Crippen molar-refractivity contribution in [2.75, 3.05) is 9.80 Å². The van der Waals surface area contributed by atoms with E-state index in [0.29, 0.717) is 0 Å². The lowest BCUT2D eigenvalue weighted by molar-refractivity contribution is 1.28. The molecule has 8 rings (SSSR count). The molecule has 0 spiro atoms. The fourth-order valence-electron chi connectivity index (χ4n) is 7.48. The Hall–Kier alpha value is -5.64. The molecule has 0 bridgehead atoms. The molecular weight excluding hydrogens is 633 g/mol. The Morgan fingerprint density at radius 2 is 0.745 bits per heavy atom. The van der Waals surface area contributed by atoms with Gasteiger partial charge in [0.25, 0.3) is 0 Å². The summed E-state index contributed by atoms with van der Waals surface area (Å²) in [6.45, 7) is 13.7. The van der Waals surface area contributed by atoms with Crippen LogP contribution in [0.2, 0.25) is 19.6 Å². The van der Waals surface area contributed by atoms with E-state index in [1.807, 2.05) is 0 Å². The number of benzene rings is 8. The van der Waals surface area contributed by atoms with E-state index in [1.54, 1.807) is 0 Å². The van der Waals surface area contributed by atoms with Gasteiger partial charge in [-0.2, -0.15) is 0 Å². The van der Waals surface area contributed by atoms with Crippen molar-refractivity contribution in [1.82, 2.24) is 0 Å². The molecule has 0 atom stereocenters. The molecule has 0 amide bonds. The third kappa shape index (κ3) is 6.09. The Bertz CT molecular complexity index is 2540. The Labute approximate surface area is 303 Å². The number of rotatable bonds is 7. The molecule has 0 unspecified atom stereocenters. The van der Waals surface area contributed by atoms with Crippen LogP contribution in [0, 0.1) is 20.8 Å². The Kier molecular flexibility index (Phi) is 8.24. The van der Waals surface area contributed by atoms with Gasteiger partial charge in [0, 0.05) is 33.5 Å². The predicted octanol–water partition coefficient (Wildman–Crippen LogP) is 13.6. The minimum absolute atomic E-state index is 1.14. The Balaban J connectivity index is 1.44. The molecule has 0 N–H and O–H groups in total. The monoisotopic (exact) mass is 676 g/mol. The van der Waals surface area contributed by atoms with Crippen LogP contribution in [0.25, 0.3) is 32.3 Å². The zero-order valence-electron chi connectivity index (χ0n) is 30.4. The van der Waals surface area contributed by atoms with E-state index in [1.165, 1.54) is 65.6 Å². The number of hydrogen-bond donors (Lipinski definition) is 0.